The second kappa shape index (κ2) is 14.5. The first-order valence-electron chi connectivity index (χ1n) is 12.9. The number of fused-ring (bicyclic) bond motifs is 1. The second-order valence-corrected chi connectivity index (χ2v) is 10.1. The van der Waals surface area contributed by atoms with Gasteiger partial charge in [-0.05, 0) is 49.9 Å². The lowest BCUT2D eigenvalue weighted by Crippen LogP contribution is -2.45. The van der Waals surface area contributed by atoms with Gasteiger partial charge in [-0.1, -0.05) is 42.8 Å². The van der Waals surface area contributed by atoms with Gasteiger partial charge in [0, 0.05) is 36.3 Å². The van der Waals surface area contributed by atoms with Crippen LogP contribution in [0.2, 0.25) is 5.02 Å². The van der Waals surface area contributed by atoms with Crippen LogP contribution in [0.15, 0.2) is 41.4 Å². The first kappa shape index (κ1) is 34.6. The highest BCUT2D eigenvalue weighted by atomic mass is 35.5. The number of benzodiazepines with no additional fused rings is 1. The molecule has 2 atom stereocenters. The van der Waals surface area contributed by atoms with E-state index in [1.807, 2.05) is 26.0 Å². The van der Waals surface area contributed by atoms with E-state index in [0.29, 0.717) is 22.5 Å². The highest BCUT2D eigenvalue weighted by Gasteiger charge is 2.34. The number of alkyl halides is 6. The Labute approximate surface area is 243 Å². The van der Waals surface area contributed by atoms with Crippen molar-refractivity contribution in [2.45, 2.75) is 71.4 Å². The van der Waals surface area contributed by atoms with Gasteiger partial charge < -0.3 is 16.4 Å². The summed E-state index contributed by atoms with van der Waals surface area (Å²) in [6.07, 6.45) is -13.0. The third kappa shape index (κ3) is 10.7. The summed E-state index contributed by atoms with van der Waals surface area (Å²) >= 11 is 6.32. The molecule has 1 aliphatic heterocycles. The molecular formula is C28H31ClF6N4O3. The number of para-hydroxylation sites is 1. The number of hydrogen-bond acceptors (Lipinski definition) is 4. The SMILES string of the molecule is CCCC(F)(F)F.Cc1ccc(C2=NC(NC(=O)C(CCC(F)(F)F)CC(N)=O)C(=O)Nc3c(Cl)cccc32)cc1C. The number of halogens is 7. The number of anilines is 1. The van der Waals surface area contributed by atoms with E-state index in [2.05, 4.69) is 15.6 Å². The molecule has 14 heteroatoms. The second-order valence-electron chi connectivity index (χ2n) is 9.73. The Morgan fingerprint density at radius 3 is 2.21 bits per heavy atom. The molecule has 3 amide bonds. The van der Waals surface area contributed by atoms with Crippen LogP contribution in [-0.2, 0) is 14.4 Å². The summed E-state index contributed by atoms with van der Waals surface area (Å²) < 4.78 is 71.4. The van der Waals surface area contributed by atoms with Gasteiger partial charge in [-0.3, -0.25) is 14.4 Å². The fraction of sp³-hybridized carbons (Fsp3) is 0.429. The van der Waals surface area contributed by atoms with E-state index < -0.39 is 67.8 Å². The molecule has 2 aromatic rings. The minimum Gasteiger partial charge on any atom is -0.370 e. The maximum Gasteiger partial charge on any atom is 0.389 e. The van der Waals surface area contributed by atoms with E-state index in [1.165, 1.54) is 6.92 Å². The number of carbonyl (C=O) groups excluding carboxylic acids is 3. The molecule has 0 bridgehead atoms. The summed E-state index contributed by atoms with van der Waals surface area (Å²) in [4.78, 5) is 41.6. The number of aryl methyl sites for hydroxylation is 2. The highest BCUT2D eigenvalue weighted by molar-refractivity contribution is 6.36. The molecule has 0 aliphatic carbocycles. The number of nitrogens with one attached hydrogen (secondary N) is 2. The van der Waals surface area contributed by atoms with Crippen LogP contribution in [0.25, 0.3) is 0 Å². The fourth-order valence-electron chi connectivity index (χ4n) is 3.96. The van der Waals surface area contributed by atoms with Crippen molar-refractivity contribution in [3.8, 4) is 0 Å². The number of benzene rings is 2. The van der Waals surface area contributed by atoms with Gasteiger partial charge in [0.15, 0.2) is 0 Å². The summed E-state index contributed by atoms with van der Waals surface area (Å²) in [6.45, 7) is 5.35. The molecule has 230 valence electrons. The van der Waals surface area contributed by atoms with Crippen molar-refractivity contribution in [2.24, 2.45) is 16.6 Å². The van der Waals surface area contributed by atoms with Gasteiger partial charge in [0.05, 0.1) is 16.4 Å². The molecule has 4 N–H and O–H groups in total. The molecule has 0 aromatic heterocycles. The van der Waals surface area contributed by atoms with E-state index >= 15 is 0 Å². The Kier molecular flexibility index (Phi) is 12.0. The molecule has 2 aromatic carbocycles. The van der Waals surface area contributed by atoms with Crippen molar-refractivity contribution in [3.05, 3.63) is 63.7 Å². The van der Waals surface area contributed by atoms with Crippen LogP contribution in [0.4, 0.5) is 32.0 Å². The molecule has 42 heavy (non-hydrogen) atoms. The van der Waals surface area contributed by atoms with E-state index in [-0.39, 0.29) is 11.4 Å². The van der Waals surface area contributed by atoms with Crippen LogP contribution in [0.3, 0.4) is 0 Å². The standard InChI is InChI=1S/C24H24ClF3N4O3.C4H7F3/c1-12-6-7-14(10-13(12)2)19-16-4-3-5-17(25)20(16)31-23(35)21(30-19)32-22(34)15(11-18(29)33)8-9-24(26,27)28;1-2-3-4(5,6)7/h3-7,10,15,21H,8-9,11H2,1-2H3,(H2,29,33)(H,31,35)(H,32,34);2-3H2,1H3. The maximum atomic E-state index is 13.0. The van der Waals surface area contributed by atoms with Crippen LogP contribution < -0.4 is 16.4 Å². The minimum absolute atomic E-state index is 0.184. The van der Waals surface area contributed by atoms with Crippen molar-refractivity contribution in [2.75, 3.05) is 5.32 Å². The van der Waals surface area contributed by atoms with Crippen molar-refractivity contribution in [1.29, 1.82) is 0 Å². The van der Waals surface area contributed by atoms with Crippen LogP contribution in [0.1, 0.15) is 61.3 Å². The summed E-state index contributed by atoms with van der Waals surface area (Å²) in [7, 11) is 0. The molecule has 0 spiro atoms. The smallest absolute Gasteiger partial charge is 0.370 e. The number of hydrogen-bond donors (Lipinski definition) is 3. The average molecular weight is 621 g/mol. The lowest BCUT2D eigenvalue weighted by Gasteiger charge is -2.19. The molecule has 7 nitrogen and oxygen atoms in total. The van der Waals surface area contributed by atoms with Gasteiger partial charge in [-0.15, -0.1) is 0 Å². The van der Waals surface area contributed by atoms with Crippen molar-refractivity contribution in [3.63, 3.8) is 0 Å². The van der Waals surface area contributed by atoms with Crippen molar-refractivity contribution < 1.29 is 40.7 Å². The zero-order chi connectivity index (χ0) is 31.8. The van der Waals surface area contributed by atoms with Crippen LogP contribution in [-0.4, -0.2) is 42.0 Å². The molecule has 3 rings (SSSR count). The fourth-order valence-corrected chi connectivity index (χ4v) is 4.18. The number of amides is 3. The lowest BCUT2D eigenvalue weighted by molar-refractivity contribution is -0.143. The summed E-state index contributed by atoms with van der Waals surface area (Å²) in [6, 6.07) is 10.5. The number of primary amides is 1. The Morgan fingerprint density at radius 1 is 1.05 bits per heavy atom. The quantitative estimate of drug-likeness (QED) is 0.298. The van der Waals surface area contributed by atoms with Crippen LogP contribution in [0.5, 0.6) is 0 Å². The maximum absolute atomic E-state index is 13.0. The van der Waals surface area contributed by atoms with E-state index in [1.54, 1.807) is 24.3 Å². The summed E-state index contributed by atoms with van der Waals surface area (Å²) in [5, 5.41) is 5.26. The van der Waals surface area contributed by atoms with E-state index in [0.717, 1.165) is 11.1 Å². The number of nitrogens with zero attached hydrogens (tertiary/aromatic N) is 1. The Bertz CT molecular complexity index is 1330. The summed E-state index contributed by atoms with van der Waals surface area (Å²) in [5.41, 5.74) is 8.94. The van der Waals surface area contributed by atoms with Gasteiger partial charge in [-0.2, -0.15) is 26.3 Å². The molecule has 1 aliphatic rings. The van der Waals surface area contributed by atoms with E-state index in [9.17, 15) is 40.7 Å². The first-order chi connectivity index (χ1) is 19.4. The summed E-state index contributed by atoms with van der Waals surface area (Å²) in [5.74, 6) is -3.99. The zero-order valence-electron chi connectivity index (χ0n) is 23.0. The van der Waals surface area contributed by atoms with Crippen LogP contribution >= 0.6 is 11.6 Å². The largest absolute Gasteiger partial charge is 0.389 e. The molecule has 0 saturated heterocycles. The zero-order valence-corrected chi connectivity index (χ0v) is 23.8. The third-order valence-corrected chi connectivity index (χ3v) is 6.53. The molecule has 0 radical (unpaired) electrons. The Morgan fingerprint density at radius 2 is 1.69 bits per heavy atom. The van der Waals surface area contributed by atoms with Crippen LogP contribution in [0, 0.1) is 19.8 Å². The van der Waals surface area contributed by atoms with Gasteiger partial charge >= 0.3 is 12.4 Å². The monoisotopic (exact) mass is 620 g/mol. The predicted molar refractivity (Wildman–Crippen MR) is 147 cm³/mol. The van der Waals surface area contributed by atoms with Crippen molar-refractivity contribution >= 4 is 40.7 Å². The molecular weight excluding hydrogens is 590 g/mol. The normalized spacial score (nSPS) is 15.7. The van der Waals surface area contributed by atoms with Gasteiger partial charge in [-0.25, -0.2) is 4.99 Å². The molecule has 2 unspecified atom stereocenters. The number of carbonyl (C=O) groups is 3. The lowest BCUT2D eigenvalue weighted by atomic mass is 9.97. The van der Waals surface area contributed by atoms with Crippen molar-refractivity contribution in [1.82, 2.24) is 5.32 Å². The Hall–Kier alpha value is -3.61. The molecule has 1 heterocycles. The average Bonchev–Trinajstić information content (AvgIpc) is 2.99. The van der Waals surface area contributed by atoms with Gasteiger partial charge in [0.1, 0.15) is 0 Å². The number of rotatable bonds is 8. The first-order valence-corrected chi connectivity index (χ1v) is 13.3. The Balaban J connectivity index is 0.000000782. The van der Waals surface area contributed by atoms with Gasteiger partial charge in [0.2, 0.25) is 18.0 Å². The highest BCUT2D eigenvalue weighted by Crippen LogP contribution is 2.31. The van der Waals surface area contributed by atoms with E-state index in [4.69, 9.17) is 17.3 Å². The number of nitrogens with two attached hydrogens (primary N) is 1. The molecule has 0 fully saturated rings. The topological polar surface area (TPSA) is 114 Å². The minimum atomic E-state index is -4.52. The number of aliphatic imine (C=N–C) groups is 1. The van der Waals surface area contributed by atoms with Gasteiger partial charge in [0.25, 0.3) is 5.91 Å². The predicted octanol–water partition coefficient (Wildman–Crippen LogP) is 6.37. The molecule has 0 saturated carbocycles. The third-order valence-electron chi connectivity index (χ3n) is 6.21.